The van der Waals surface area contributed by atoms with Gasteiger partial charge in [-0.3, -0.25) is 4.98 Å². The second-order valence-corrected chi connectivity index (χ2v) is 2.77. The minimum Gasteiger partial charge on any atom is -0.251 e. The van der Waals surface area contributed by atoms with Gasteiger partial charge in [0.15, 0.2) is 11.6 Å². The minimum absolute atomic E-state index is 0.0607. The zero-order chi connectivity index (χ0) is 9.97. The number of pyridine rings is 1. The number of benzene rings is 1. The fourth-order valence-electron chi connectivity index (χ4n) is 1.17. The van der Waals surface area contributed by atoms with Crippen LogP contribution in [-0.2, 0) is 0 Å². The Bertz CT molecular complexity index is 440. The third-order valence-corrected chi connectivity index (χ3v) is 1.85. The van der Waals surface area contributed by atoms with E-state index in [1.807, 2.05) is 0 Å². The molecule has 2 rings (SSSR count). The Morgan fingerprint density at radius 3 is 2.50 bits per heavy atom. The Morgan fingerprint density at radius 2 is 1.79 bits per heavy atom. The van der Waals surface area contributed by atoms with E-state index in [-0.39, 0.29) is 5.56 Å². The predicted octanol–water partition coefficient (Wildman–Crippen LogP) is 2.83. The van der Waals surface area contributed by atoms with Crippen molar-refractivity contribution in [1.82, 2.24) is 4.98 Å². The maximum atomic E-state index is 13.2. The molecule has 0 fully saturated rings. The largest absolute Gasteiger partial charge is 0.251 e. The lowest BCUT2D eigenvalue weighted by Crippen LogP contribution is -1.91. The molecule has 0 bridgehead atoms. The van der Waals surface area contributed by atoms with Crippen molar-refractivity contribution in [2.24, 2.45) is 0 Å². The smallest absolute Gasteiger partial charge is 0.177 e. The van der Waals surface area contributed by atoms with Crippen LogP contribution in [0.5, 0.6) is 0 Å². The summed E-state index contributed by atoms with van der Waals surface area (Å²) in [7, 11) is 0. The van der Waals surface area contributed by atoms with Gasteiger partial charge in [-0.25, -0.2) is 8.78 Å². The number of halogens is 2. The average molecular weight is 190 g/mol. The molecule has 1 radical (unpaired) electrons. The van der Waals surface area contributed by atoms with Crippen LogP contribution in [0.15, 0.2) is 36.5 Å². The summed E-state index contributed by atoms with van der Waals surface area (Å²) < 4.78 is 26.0. The number of rotatable bonds is 1. The maximum Gasteiger partial charge on any atom is 0.177 e. The Morgan fingerprint density at radius 1 is 1.07 bits per heavy atom. The van der Waals surface area contributed by atoms with Gasteiger partial charge < -0.3 is 0 Å². The average Bonchev–Trinajstić information content (AvgIpc) is 2.23. The summed E-state index contributed by atoms with van der Waals surface area (Å²) in [5.41, 5.74) is 0.627. The highest BCUT2D eigenvalue weighted by Crippen LogP contribution is 2.21. The molecular formula is C11H6F2N. The molecule has 0 saturated carbocycles. The van der Waals surface area contributed by atoms with E-state index in [9.17, 15) is 8.78 Å². The lowest BCUT2D eigenvalue weighted by atomic mass is 10.1. The number of nitrogens with zero attached hydrogens (tertiary/aromatic N) is 1. The highest BCUT2D eigenvalue weighted by atomic mass is 19.2. The summed E-state index contributed by atoms with van der Waals surface area (Å²) >= 11 is 0. The van der Waals surface area contributed by atoms with Crippen molar-refractivity contribution in [1.29, 1.82) is 0 Å². The van der Waals surface area contributed by atoms with Crippen molar-refractivity contribution in [3.05, 3.63) is 54.4 Å². The SMILES string of the molecule is Fc1cn[c]c(-c2ccccc2)c1F. The van der Waals surface area contributed by atoms with Gasteiger partial charge in [0.1, 0.15) is 6.20 Å². The molecule has 0 saturated heterocycles. The lowest BCUT2D eigenvalue weighted by Gasteiger charge is -2.01. The van der Waals surface area contributed by atoms with Crippen LogP contribution < -0.4 is 0 Å². The quantitative estimate of drug-likeness (QED) is 0.673. The fraction of sp³-hybridized carbons (Fsp3) is 0. The molecule has 0 amide bonds. The molecule has 69 valence electrons. The number of hydrogen-bond donors (Lipinski definition) is 0. The van der Waals surface area contributed by atoms with Gasteiger partial charge in [-0.1, -0.05) is 30.3 Å². The van der Waals surface area contributed by atoms with E-state index in [1.165, 1.54) is 0 Å². The van der Waals surface area contributed by atoms with Crippen LogP contribution in [0.1, 0.15) is 0 Å². The van der Waals surface area contributed by atoms with Gasteiger partial charge in [-0.05, 0) is 5.56 Å². The number of hydrogen-bond acceptors (Lipinski definition) is 1. The molecule has 0 aliphatic carbocycles. The molecular weight excluding hydrogens is 184 g/mol. The molecule has 0 unspecified atom stereocenters. The van der Waals surface area contributed by atoms with E-state index in [4.69, 9.17) is 0 Å². The van der Waals surface area contributed by atoms with Crippen LogP contribution in [-0.4, -0.2) is 4.98 Å². The van der Waals surface area contributed by atoms with Crippen molar-refractivity contribution in [3.63, 3.8) is 0 Å². The summed E-state index contributed by atoms with van der Waals surface area (Å²) in [4.78, 5) is 3.48. The first-order chi connectivity index (χ1) is 6.79. The molecule has 2 aromatic rings. The van der Waals surface area contributed by atoms with Crippen molar-refractivity contribution >= 4 is 0 Å². The van der Waals surface area contributed by atoms with Crippen LogP contribution in [0.25, 0.3) is 11.1 Å². The zero-order valence-corrected chi connectivity index (χ0v) is 7.17. The molecule has 1 heterocycles. The first kappa shape index (κ1) is 8.81. The predicted molar refractivity (Wildman–Crippen MR) is 48.4 cm³/mol. The molecule has 14 heavy (non-hydrogen) atoms. The van der Waals surface area contributed by atoms with Gasteiger partial charge in [-0.15, -0.1) is 0 Å². The second kappa shape index (κ2) is 3.54. The molecule has 1 aromatic heterocycles. The first-order valence-electron chi connectivity index (χ1n) is 4.06. The Labute approximate surface area is 80.0 Å². The van der Waals surface area contributed by atoms with E-state index in [1.54, 1.807) is 30.3 Å². The summed E-state index contributed by atoms with van der Waals surface area (Å²) in [6.45, 7) is 0. The lowest BCUT2D eigenvalue weighted by molar-refractivity contribution is 0.506. The summed E-state index contributed by atoms with van der Waals surface area (Å²) in [6.07, 6.45) is 3.24. The van der Waals surface area contributed by atoms with E-state index in [0.717, 1.165) is 6.20 Å². The third-order valence-electron chi connectivity index (χ3n) is 1.85. The van der Waals surface area contributed by atoms with Crippen molar-refractivity contribution in [3.8, 4) is 11.1 Å². The number of aromatic nitrogens is 1. The van der Waals surface area contributed by atoms with Crippen LogP contribution in [0.4, 0.5) is 8.78 Å². The van der Waals surface area contributed by atoms with Gasteiger partial charge in [0, 0.05) is 5.56 Å². The summed E-state index contributed by atoms with van der Waals surface area (Å²) in [6, 6.07) is 8.64. The second-order valence-electron chi connectivity index (χ2n) is 2.77. The molecule has 0 atom stereocenters. The van der Waals surface area contributed by atoms with Crippen LogP contribution in [0, 0.1) is 17.8 Å². The molecule has 1 nitrogen and oxygen atoms in total. The minimum atomic E-state index is -0.956. The highest BCUT2D eigenvalue weighted by Gasteiger charge is 2.09. The molecule has 0 aliphatic rings. The summed E-state index contributed by atoms with van der Waals surface area (Å²) in [5, 5.41) is 0. The van der Waals surface area contributed by atoms with Gasteiger partial charge in [0.25, 0.3) is 0 Å². The third kappa shape index (κ3) is 1.48. The molecule has 3 heteroatoms. The van der Waals surface area contributed by atoms with Crippen LogP contribution in [0.2, 0.25) is 0 Å². The monoisotopic (exact) mass is 190 g/mol. The van der Waals surface area contributed by atoms with Crippen molar-refractivity contribution in [2.45, 2.75) is 0 Å². The van der Waals surface area contributed by atoms with Crippen molar-refractivity contribution in [2.75, 3.05) is 0 Å². The normalized spacial score (nSPS) is 10.1. The van der Waals surface area contributed by atoms with Gasteiger partial charge in [0.2, 0.25) is 0 Å². The van der Waals surface area contributed by atoms with Gasteiger partial charge >= 0.3 is 0 Å². The first-order valence-corrected chi connectivity index (χ1v) is 4.06. The molecule has 0 spiro atoms. The fourth-order valence-corrected chi connectivity index (χ4v) is 1.17. The van der Waals surface area contributed by atoms with Crippen molar-refractivity contribution < 1.29 is 8.78 Å². The Hall–Kier alpha value is -1.77. The zero-order valence-electron chi connectivity index (χ0n) is 7.17. The van der Waals surface area contributed by atoms with E-state index in [2.05, 4.69) is 11.2 Å². The Kier molecular flexibility index (Phi) is 2.23. The molecule has 1 aromatic carbocycles. The van der Waals surface area contributed by atoms with E-state index < -0.39 is 11.6 Å². The van der Waals surface area contributed by atoms with Crippen LogP contribution >= 0.6 is 0 Å². The Balaban J connectivity index is 2.58. The van der Waals surface area contributed by atoms with Gasteiger partial charge in [-0.2, -0.15) is 0 Å². The molecule has 0 aliphatic heterocycles. The molecule has 0 N–H and O–H groups in total. The van der Waals surface area contributed by atoms with Gasteiger partial charge in [0.05, 0.1) is 6.20 Å². The highest BCUT2D eigenvalue weighted by molar-refractivity contribution is 5.62. The van der Waals surface area contributed by atoms with Crippen LogP contribution in [0.3, 0.4) is 0 Å². The standard InChI is InChI=1S/C11H6F2N/c12-10-7-14-6-9(11(10)13)8-4-2-1-3-5-8/h1-5,7H. The maximum absolute atomic E-state index is 13.2. The van der Waals surface area contributed by atoms with E-state index in [0.29, 0.717) is 5.56 Å². The summed E-state index contributed by atoms with van der Waals surface area (Å²) in [5.74, 6) is -1.87. The van der Waals surface area contributed by atoms with E-state index >= 15 is 0 Å². The topological polar surface area (TPSA) is 12.9 Å².